The summed E-state index contributed by atoms with van der Waals surface area (Å²) in [4.78, 5) is 31.9. The van der Waals surface area contributed by atoms with E-state index in [-0.39, 0.29) is 29.5 Å². The first-order chi connectivity index (χ1) is 12.5. The Balaban J connectivity index is 2.35. The second-order valence-corrected chi connectivity index (χ2v) is 9.03. The van der Waals surface area contributed by atoms with Crippen molar-refractivity contribution in [3.8, 4) is 0 Å². The van der Waals surface area contributed by atoms with Gasteiger partial charge in [0.15, 0.2) is 5.41 Å². The molecule has 2 rings (SSSR count). The summed E-state index contributed by atoms with van der Waals surface area (Å²) in [5.41, 5.74) is -1.58. The Labute approximate surface area is 163 Å². The van der Waals surface area contributed by atoms with E-state index >= 15 is 0 Å². The summed E-state index contributed by atoms with van der Waals surface area (Å²) in [5, 5.41) is 2.09. The fraction of sp³-hybridized carbons (Fsp3) is 0.810. The molecule has 0 aromatic rings. The maximum absolute atomic E-state index is 12.7. The normalized spacial score (nSPS) is 29.6. The molecule has 1 heterocycles. The minimum Gasteiger partial charge on any atom is -0.468 e. The molecule has 0 spiro atoms. The summed E-state index contributed by atoms with van der Waals surface area (Å²) < 4.78 is 10.0. The highest BCUT2D eigenvalue weighted by atomic mass is 16.7. The van der Waals surface area contributed by atoms with E-state index in [0.717, 1.165) is 19.3 Å². The minimum absolute atomic E-state index is 0.111. The van der Waals surface area contributed by atoms with Gasteiger partial charge in [-0.15, -0.1) is 0 Å². The number of hydroxylamine groups is 2. The first-order valence-electron chi connectivity index (χ1n) is 9.82. The molecule has 154 valence electrons. The molecule has 1 saturated carbocycles. The van der Waals surface area contributed by atoms with Gasteiger partial charge in [0.25, 0.3) is 0 Å². The van der Waals surface area contributed by atoms with Crippen molar-refractivity contribution in [2.24, 2.45) is 11.3 Å². The van der Waals surface area contributed by atoms with Crippen LogP contribution in [0.1, 0.15) is 66.7 Å². The van der Waals surface area contributed by atoms with Gasteiger partial charge < -0.3 is 9.47 Å². The van der Waals surface area contributed by atoms with Crippen LogP contribution in [0.5, 0.6) is 0 Å². The van der Waals surface area contributed by atoms with Crippen LogP contribution in [-0.2, 0) is 23.9 Å². The third-order valence-corrected chi connectivity index (χ3v) is 6.15. The standard InChI is InChI=1S/C21H35NO5/c1-8-10-15-13-16(14-21(15,17(23)25-6)18(24)26-7)27-22-19(2,3)11-9-12-20(22,4)5/h8,10,15-16H,9,11-14H2,1-7H3/b10-8+. The van der Waals surface area contributed by atoms with Crippen LogP contribution in [0.4, 0.5) is 0 Å². The molecule has 2 aliphatic rings. The number of methoxy groups -OCH3 is 2. The first kappa shape index (κ1) is 21.9. The molecule has 0 N–H and O–H groups in total. The lowest BCUT2D eigenvalue weighted by atomic mass is 9.77. The summed E-state index contributed by atoms with van der Waals surface area (Å²) in [7, 11) is 2.62. The van der Waals surface area contributed by atoms with Gasteiger partial charge in [-0.2, -0.15) is 5.06 Å². The Kier molecular flexibility index (Phi) is 6.42. The van der Waals surface area contributed by atoms with Gasteiger partial charge in [0.05, 0.1) is 20.3 Å². The average Bonchev–Trinajstić information content (AvgIpc) is 2.96. The minimum atomic E-state index is -1.36. The van der Waals surface area contributed by atoms with E-state index in [2.05, 4.69) is 32.8 Å². The van der Waals surface area contributed by atoms with Crippen LogP contribution in [-0.4, -0.2) is 48.4 Å². The van der Waals surface area contributed by atoms with Crippen LogP contribution in [0.3, 0.4) is 0 Å². The Morgan fingerprint density at radius 1 is 1.00 bits per heavy atom. The lowest BCUT2D eigenvalue weighted by Crippen LogP contribution is -2.59. The molecule has 27 heavy (non-hydrogen) atoms. The topological polar surface area (TPSA) is 65.1 Å². The Bertz CT molecular complexity index is 563. The van der Waals surface area contributed by atoms with E-state index < -0.39 is 17.4 Å². The molecule has 0 aromatic heterocycles. The molecule has 2 atom stereocenters. The molecular formula is C21H35NO5. The lowest BCUT2D eigenvalue weighted by Gasteiger charge is -2.52. The van der Waals surface area contributed by atoms with Crippen LogP contribution in [0.25, 0.3) is 0 Å². The number of piperidine rings is 1. The molecule has 2 fully saturated rings. The molecule has 0 amide bonds. The number of hydrogen-bond donors (Lipinski definition) is 0. The zero-order chi connectivity index (χ0) is 20.5. The SMILES string of the molecule is C/C=C/C1CC(ON2C(C)(C)CCCC2(C)C)CC1(C(=O)OC)C(=O)OC. The number of carbonyl (C=O) groups excluding carboxylic acids is 2. The lowest BCUT2D eigenvalue weighted by molar-refractivity contribution is -0.304. The Hall–Kier alpha value is -1.40. The predicted molar refractivity (Wildman–Crippen MR) is 103 cm³/mol. The number of carbonyl (C=O) groups is 2. The number of rotatable bonds is 5. The number of nitrogens with zero attached hydrogens (tertiary/aromatic N) is 1. The first-order valence-corrected chi connectivity index (χ1v) is 9.82. The third kappa shape index (κ3) is 3.92. The van der Waals surface area contributed by atoms with Crippen molar-refractivity contribution < 1.29 is 23.9 Å². The molecule has 0 aromatic carbocycles. The summed E-state index contributed by atoms with van der Waals surface area (Å²) in [6.45, 7) is 10.6. The summed E-state index contributed by atoms with van der Waals surface area (Å²) >= 11 is 0. The molecule has 1 aliphatic carbocycles. The highest BCUT2D eigenvalue weighted by molar-refractivity contribution is 6.01. The van der Waals surface area contributed by atoms with Crippen LogP contribution >= 0.6 is 0 Å². The van der Waals surface area contributed by atoms with Crippen LogP contribution in [0.15, 0.2) is 12.2 Å². The molecular weight excluding hydrogens is 346 g/mol. The van der Waals surface area contributed by atoms with Gasteiger partial charge in [-0.25, -0.2) is 0 Å². The zero-order valence-corrected chi connectivity index (χ0v) is 17.8. The van der Waals surface area contributed by atoms with Crippen molar-refractivity contribution in [2.45, 2.75) is 83.9 Å². The van der Waals surface area contributed by atoms with Gasteiger partial charge in [-0.3, -0.25) is 14.4 Å². The highest BCUT2D eigenvalue weighted by Gasteiger charge is 2.60. The third-order valence-electron chi connectivity index (χ3n) is 6.15. The Morgan fingerprint density at radius 2 is 1.52 bits per heavy atom. The van der Waals surface area contributed by atoms with E-state index in [9.17, 15) is 9.59 Å². The van der Waals surface area contributed by atoms with Crippen molar-refractivity contribution >= 4 is 11.9 Å². The van der Waals surface area contributed by atoms with Crippen molar-refractivity contribution in [2.75, 3.05) is 14.2 Å². The predicted octanol–water partition coefficient (Wildman–Crippen LogP) is 3.65. The summed E-state index contributed by atoms with van der Waals surface area (Å²) in [6.07, 6.45) is 7.55. The fourth-order valence-corrected chi connectivity index (χ4v) is 4.96. The number of allylic oxidation sites excluding steroid dienone is 2. The van der Waals surface area contributed by atoms with Crippen molar-refractivity contribution in [1.82, 2.24) is 5.06 Å². The molecule has 1 saturated heterocycles. The van der Waals surface area contributed by atoms with E-state index in [1.165, 1.54) is 14.2 Å². The second kappa shape index (κ2) is 7.92. The maximum Gasteiger partial charge on any atom is 0.323 e. The zero-order valence-electron chi connectivity index (χ0n) is 17.8. The quantitative estimate of drug-likeness (QED) is 0.411. The maximum atomic E-state index is 12.7. The number of hydrogen-bond acceptors (Lipinski definition) is 6. The molecule has 2 unspecified atom stereocenters. The van der Waals surface area contributed by atoms with Crippen LogP contribution in [0.2, 0.25) is 0 Å². The fourth-order valence-electron chi connectivity index (χ4n) is 4.96. The Morgan fingerprint density at radius 3 is 1.96 bits per heavy atom. The smallest absolute Gasteiger partial charge is 0.323 e. The van der Waals surface area contributed by atoms with Gasteiger partial charge >= 0.3 is 11.9 Å². The number of esters is 2. The van der Waals surface area contributed by atoms with E-state index in [1.807, 2.05) is 19.1 Å². The molecule has 6 heteroatoms. The largest absolute Gasteiger partial charge is 0.468 e. The van der Waals surface area contributed by atoms with Crippen molar-refractivity contribution in [1.29, 1.82) is 0 Å². The average molecular weight is 382 g/mol. The molecule has 0 radical (unpaired) electrons. The van der Waals surface area contributed by atoms with E-state index in [1.54, 1.807) is 0 Å². The second-order valence-electron chi connectivity index (χ2n) is 9.03. The van der Waals surface area contributed by atoms with Gasteiger partial charge in [-0.05, 0) is 60.3 Å². The monoisotopic (exact) mass is 381 g/mol. The van der Waals surface area contributed by atoms with Crippen LogP contribution in [0, 0.1) is 11.3 Å². The van der Waals surface area contributed by atoms with Crippen molar-refractivity contribution in [3.63, 3.8) is 0 Å². The highest BCUT2D eigenvalue weighted by Crippen LogP contribution is 2.49. The molecule has 6 nitrogen and oxygen atoms in total. The summed E-state index contributed by atoms with van der Waals surface area (Å²) in [6, 6.07) is 0. The van der Waals surface area contributed by atoms with Crippen LogP contribution < -0.4 is 0 Å². The molecule has 1 aliphatic heterocycles. The summed E-state index contributed by atoms with van der Waals surface area (Å²) in [5.74, 6) is -1.43. The van der Waals surface area contributed by atoms with E-state index in [4.69, 9.17) is 14.3 Å². The van der Waals surface area contributed by atoms with Crippen molar-refractivity contribution in [3.05, 3.63) is 12.2 Å². The van der Waals surface area contributed by atoms with Gasteiger partial charge in [0.1, 0.15) is 0 Å². The molecule has 0 bridgehead atoms. The van der Waals surface area contributed by atoms with Gasteiger partial charge in [0, 0.05) is 23.4 Å². The van der Waals surface area contributed by atoms with E-state index in [0.29, 0.717) is 6.42 Å². The van der Waals surface area contributed by atoms with Gasteiger partial charge in [0.2, 0.25) is 0 Å². The number of ether oxygens (including phenoxy) is 2. The van der Waals surface area contributed by atoms with Gasteiger partial charge in [-0.1, -0.05) is 12.2 Å².